The van der Waals surface area contributed by atoms with Gasteiger partial charge in [-0.15, -0.1) is 0 Å². The maximum atomic E-state index is 11.8. The first kappa shape index (κ1) is 13.9. The highest BCUT2D eigenvalue weighted by Crippen LogP contribution is 2.18. The topological polar surface area (TPSA) is 89.9 Å². The van der Waals surface area contributed by atoms with Crippen molar-refractivity contribution >= 4 is 11.9 Å². The summed E-state index contributed by atoms with van der Waals surface area (Å²) in [6.07, 6.45) is -0.633. The highest BCUT2D eigenvalue weighted by molar-refractivity contribution is 5.85. The van der Waals surface area contributed by atoms with Crippen LogP contribution in [-0.2, 0) is 9.59 Å². The second-order valence-corrected chi connectivity index (χ2v) is 5.39. The number of carboxylic acids is 1. The molecule has 0 aliphatic carbocycles. The summed E-state index contributed by atoms with van der Waals surface area (Å²) in [6.45, 7) is 5.96. The monoisotopic (exact) mass is 244 g/mol. The van der Waals surface area contributed by atoms with Crippen LogP contribution in [0, 0.1) is 0 Å². The second-order valence-electron chi connectivity index (χ2n) is 5.39. The summed E-state index contributed by atoms with van der Waals surface area (Å²) in [6, 6.07) is -0.903. The molecular weight excluding hydrogens is 224 g/mol. The van der Waals surface area contributed by atoms with Gasteiger partial charge in [-0.05, 0) is 20.8 Å². The molecule has 2 unspecified atom stereocenters. The Hall–Kier alpha value is -1.14. The lowest BCUT2D eigenvalue weighted by atomic mass is 10.1. The zero-order valence-corrected chi connectivity index (χ0v) is 10.4. The fraction of sp³-hybridized carbons (Fsp3) is 0.818. The van der Waals surface area contributed by atoms with E-state index in [-0.39, 0.29) is 31.0 Å². The van der Waals surface area contributed by atoms with Crippen LogP contribution in [0.5, 0.6) is 0 Å². The van der Waals surface area contributed by atoms with Gasteiger partial charge in [-0.25, -0.2) is 4.79 Å². The third-order valence-corrected chi connectivity index (χ3v) is 2.65. The van der Waals surface area contributed by atoms with Crippen LogP contribution in [0.3, 0.4) is 0 Å². The Morgan fingerprint density at radius 2 is 2.00 bits per heavy atom. The smallest absolute Gasteiger partial charge is 0.326 e. The lowest BCUT2D eigenvalue weighted by molar-refractivity contribution is -0.147. The largest absolute Gasteiger partial charge is 0.480 e. The maximum Gasteiger partial charge on any atom is 0.326 e. The Balaban J connectivity index is 2.59. The van der Waals surface area contributed by atoms with E-state index in [4.69, 9.17) is 5.11 Å². The number of amides is 1. The van der Waals surface area contributed by atoms with Crippen molar-refractivity contribution in [3.63, 3.8) is 0 Å². The molecule has 1 aliphatic rings. The molecular formula is C11H20N2O4. The molecule has 98 valence electrons. The van der Waals surface area contributed by atoms with Crippen LogP contribution in [0.4, 0.5) is 0 Å². The number of nitrogens with one attached hydrogen (secondary N) is 1. The summed E-state index contributed by atoms with van der Waals surface area (Å²) in [4.78, 5) is 24.0. The first-order valence-corrected chi connectivity index (χ1v) is 5.66. The van der Waals surface area contributed by atoms with Crippen molar-refractivity contribution in [2.45, 2.75) is 44.9 Å². The number of carboxylic acid groups (broad SMARTS) is 1. The number of likely N-dealkylation sites (tertiary alicyclic amines) is 1. The van der Waals surface area contributed by atoms with Crippen LogP contribution in [0.1, 0.15) is 27.2 Å². The van der Waals surface area contributed by atoms with Gasteiger partial charge in [0.05, 0.1) is 12.6 Å². The number of nitrogens with zero attached hydrogens (tertiary/aromatic N) is 1. The number of β-amino-alcohol motifs (C(OH)–C–C–N with tert-alkyl or cyclic N) is 1. The minimum Gasteiger partial charge on any atom is -0.480 e. The molecule has 2 atom stereocenters. The van der Waals surface area contributed by atoms with Gasteiger partial charge in [0.25, 0.3) is 0 Å². The number of hydrogen-bond acceptors (Lipinski definition) is 4. The normalized spacial score (nSPS) is 25.1. The summed E-state index contributed by atoms with van der Waals surface area (Å²) < 4.78 is 0. The fourth-order valence-electron chi connectivity index (χ4n) is 1.77. The number of carbonyl (C=O) groups is 2. The predicted molar refractivity (Wildman–Crippen MR) is 61.5 cm³/mol. The Morgan fingerprint density at radius 1 is 1.41 bits per heavy atom. The van der Waals surface area contributed by atoms with Gasteiger partial charge >= 0.3 is 5.97 Å². The van der Waals surface area contributed by atoms with E-state index in [0.29, 0.717) is 0 Å². The quantitative estimate of drug-likeness (QED) is 0.618. The SMILES string of the molecule is CC(C)(C)NCC(=O)N1CC(O)CC1C(=O)O. The molecule has 1 heterocycles. The summed E-state index contributed by atoms with van der Waals surface area (Å²) >= 11 is 0. The molecule has 6 nitrogen and oxygen atoms in total. The number of aliphatic carboxylic acids is 1. The van der Waals surface area contributed by atoms with Gasteiger partial charge in [-0.1, -0.05) is 0 Å². The van der Waals surface area contributed by atoms with Crippen molar-refractivity contribution in [2.75, 3.05) is 13.1 Å². The van der Waals surface area contributed by atoms with Crippen LogP contribution in [0.25, 0.3) is 0 Å². The van der Waals surface area contributed by atoms with Gasteiger partial charge in [-0.2, -0.15) is 0 Å². The first-order chi connectivity index (χ1) is 7.70. The number of carbonyl (C=O) groups excluding carboxylic acids is 1. The van der Waals surface area contributed by atoms with Crippen LogP contribution in [0.2, 0.25) is 0 Å². The Morgan fingerprint density at radius 3 is 2.47 bits per heavy atom. The summed E-state index contributed by atoms with van der Waals surface area (Å²) in [5.41, 5.74) is -0.202. The predicted octanol–water partition coefficient (Wildman–Crippen LogP) is -0.579. The third kappa shape index (κ3) is 3.98. The number of aliphatic hydroxyl groups excluding tert-OH is 1. The summed E-state index contributed by atoms with van der Waals surface area (Å²) in [5.74, 6) is -1.35. The second kappa shape index (κ2) is 5.01. The molecule has 0 aromatic rings. The van der Waals surface area contributed by atoms with Crippen molar-refractivity contribution in [3.8, 4) is 0 Å². The summed E-state index contributed by atoms with van der Waals surface area (Å²) in [5, 5.41) is 21.4. The Labute approximate surface area is 101 Å². The molecule has 3 N–H and O–H groups in total. The molecule has 0 aromatic heterocycles. The molecule has 1 amide bonds. The number of rotatable bonds is 3. The van der Waals surface area contributed by atoms with Crippen LogP contribution in [-0.4, -0.2) is 57.8 Å². The van der Waals surface area contributed by atoms with Gasteiger partial charge in [-0.3, -0.25) is 4.79 Å². The standard InChI is InChI=1S/C11H20N2O4/c1-11(2,3)12-5-9(15)13-6-7(14)4-8(13)10(16)17/h7-8,12,14H,4-6H2,1-3H3,(H,16,17). The minimum atomic E-state index is -1.06. The molecule has 1 aliphatic heterocycles. The van der Waals surface area contributed by atoms with Crippen molar-refractivity contribution in [3.05, 3.63) is 0 Å². The molecule has 0 aromatic carbocycles. The Bertz CT molecular complexity index is 311. The fourth-order valence-corrected chi connectivity index (χ4v) is 1.77. The average Bonchev–Trinajstić information content (AvgIpc) is 2.55. The van der Waals surface area contributed by atoms with E-state index in [1.165, 1.54) is 4.90 Å². The number of hydrogen-bond donors (Lipinski definition) is 3. The van der Waals surface area contributed by atoms with Gasteiger partial charge in [0.2, 0.25) is 5.91 Å². The first-order valence-electron chi connectivity index (χ1n) is 5.66. The van der Waals surface area contributed by atoms with E-state index in [9.17, 15) is 14.7 Å². The van der Waals surface area contributed by atoms with Gasteiger partial charge in [0, 0.05) is 18.5 Å². The maximum absolute atomic E-state index is 11.8. The number of aliphatic hydroxyl groups is 1. The van der Waals surface area contributed by atoms with Crippen molar-refractivity contribution in [2.24, 2.45) is 0 Å². The lowest BCUT2D eigenvalue weighted by Crippen LogP contribution is -2.48. The van der Waals surface area contributed by atoms with Gasteiger partial charge in [0.1, 0.15) is 6.04 Å². The van der Waals surface area contributed by atoms with E-state index >= 15 is 0 Å². The van der Waals surface area contributed by atoms with Crippen LogP contribution < -0.4 is 5.32 Å². The highest BCUT2D eigenvalue weighted by Gasteiger charge is 2.38. The van der Waals surface area contributed by atoms with E-state index in [1.807, 2.05) is 20.8 Å². The Kier molecular flexibility index (Phi) is 4.11. The molecule has 1 rings (SSSR count). The van der Waals surface area contributed by atoms with E-state index in [0.717, 1.165) is 0 Å². The molecule has 1 saturated heterocycles. The molecule has 0 spiro atoms. The molecule has 0 bridgehead atoms. The average molecular weight is 244 g/mol. The minimum absolute atomic E-state index is 0.0833. The molecule has 6 heteroatoms. The van der Waals surface area contributed by atoms with Gasteiger partial charge in [0.15, 0.2) is 0 Å². The van der Waals surface area contributed by atoms with E-state index in [2.05, 4.69) is 5.32 Å². The van der Waals surface area contributed by atoms with Crippen LogP contribution in [0.15, 0.2) is 0 Å². The van der Waals surface area contributed by atoms with Crippen molar-refractivity contribution < 1.29 is 19.8 Å². The zero-order chi connectivity index (χ0) is 13.2. The third-order valence-electron chi connectivity index (χ3n) is 2.65. The zero-order valence-electron chi connectivity index (χ0n) is 10.4. The van der Waals surface area contributed by atoms with Crippen LogP contribution >= 0.6 is 0 Å². The molecule has 0 saturated carbocycles. The summed E-state index contributed by atoms with van der Waals surface area (Å²) in [7, 11) is 0. The van der Waals surface area contributed by atoms with Gasteiger partial charge < -0.3 is 20.4 Å². The van der Waals surface area contributed by atoms with Crippen molar-refractivity contribution in [1.29, 1.82) is 0 Å². The molecule has 1 fully saturated rings. The molecule has 0 radical (unpaired) electrons. The van der Waals surface area contributed by atoms with E-state index < -0.39 is 18.1 Å². The lowest BCUT2D eigenvalue weighted by Gasteiger charge is -2.25. The van der Waals surface area contributed by atoms with Crippen molar-refractivity contribution in [1.82, 2.24) is 10.2 Å². The highest BCUT2D eigenvalue weighted by atomic mass is 16.4. The molecule has 17 heavy (non-hydrogen) atoms. The van der Waals surface area contributed by atoms with E-state index in [1.54, 1.807) is 0 Å².